The monoisotopic (exact) mass is 160 g/mol. The highest BCUT2D eigenvalue weighted by atomic mass is 16.6. The van der Waals surface area contributed by atoms with Gasteiger partial charge in [0.05, 0.1) is 6.54 Å². The second-order valence-electron chi connectivity index (χ2n) is 2.12. The van der Waals surface area contributed by atoms with Crippen molar-refractivity contribution in [3.63, 3.8) is 0 Å². The Bertz CT molecular complexity index is 128. The van der Waals surface area contributed by atoms with E-state index in [0.29, 0.717) is 13.1 Å². The van der Waals surface area contributed by atoms with Gasteiger partial charge in [0.2, 0.25) is 0 Å². The predicted octanol–water partition coefficient (Wildman–Crippen LogP) is 0.422. The van der Waals surface area contributed by atoms with Crippen molar-refractivity contribution in [2.45, 2.75) is 20.0 Å². The zero-order chi connectivity index (χ0) is 8.85. The molecular weight excluding hydrogens is 144 g/mol. The first-order chi connectivity index (χ1) is 5.24. The summed E-state index contributed by atoms with van der Waals surface area (Å²) in [6, 6.07) is 0. The number of ether oxygens (including phenoxy) is 1. The zero-order valence-electron chi connectivity index (χ0n) is 7.33. The molecule has 0 spiro atoms. The minimum Gasteiger partial charge on any atom is -0.443 e. The lowest BCUT2D eigenvalue weighted by Gasteiger charge is -2.01. The maximum absolute atomic E-state index is 10.6. The van der Waals surface area contributed by atoms with Gasteiger partial charge in [-0.05, 0) is 0 Å². The highest BCUT2D eigenvalue weighted by Gasteiger charge is 2.26. The van der Waals surface area contributed by atoms with Gasteiger partial charge in [-0.25, -0.2) is 4.79 Å². The number of amides is 1. The molecule has 1 atom stereocenters. The van der Waals surface area contributed by atoms with Gasteiger partial charge >= 0.3 is 6.09 Å². The Morgan fingerprint density at radius 3 is 2.45 bits per heavy atom. The molecule has 0 aromatic heterocycles. The van der Waals surface area contributed by atoms with Gasteiger partial charge in [0.1, 0.15) is 6.10 Å². The Labute approximate surface area is 67.3 Å². The summed E-state index contributed by atoms with van der Waals surface area (Å²) in [6.07, 6.45) is -0.368. The molecule has 1 fully saturated rings. The molecule has 0 radical (unpaired) electrons. The Hall–Kier alpha value is -0.770. The molecule has 11 heavy (non-hydrogen) atoms. The average Bonchev–Trinajstić information content (AvgIpc) is 2.36. The van der Waals surface area contributed by atoms with E-state index in [1.807, 2.05) is 13.8 Å². The van der Waals surface area contributed by atoms with Crippen molar-refractivity contribution in [3.8, 4) is 0 Å². The van der Waals surface area contributed by atoms with E-state index >= 15 is 0 Å². The molecule has 4 heteroatoms. The van der Waals surface area contributed by atoms with Gasteiger partial charge in [0.25, 0.3) is 0 Å². The summed E-state index contributed by atoms with van der Waals surface area (Å²) >= 11 is 0. The molecule has 4 nitrogen and oxygen atoms in total. The topological polar surface area (TPSA) is 55.6 Å². The number of hydrogen-bond acceptors (Lipinski definition) is 3. The normalized spacial score (nSPS) is 22.4. The molecule has 0 saturated carbocycles. The quantitative estimate of drug-likeness (QED) is 0.605. The first-order valence-electron chi connectivity index (χ1n) is 3.86. The molecule has 1 aliphatic heterocycles. The highest BCUT2D eigenvalue weighted by Crippen LogP contribution is 2.06. The summed E-state index contributed by atoms with van der Waals surface area (Å²) in [4.78, 5) is 12.1. The van der Waals surface area contributed by atoms with Crippen LogP contribution in [0.3, 0.4) is 0 Å². The fourth-order valence-electron chi connectivity index (χ4n) is 0.772. The van der Waals surface area contributed by atoms with Gasteiger partial charge in [0, 0.05) is 13.6 Å². The molecule has 2 N–H and O–H groups in total. The van der Waals surface area contributed by atoms with Gasteiger partial charge in [-0.2, -0.15) is 0 Å². The maximum Gasteiger partial charge on any atom is 0.410 e. The minimum atomic E-state index is -0.273. The third-order valence-electron chi connectivity index (χ3n) is 1.32. The summed E-state index contributed by atoms with van der Waals surface area (Å²) in [5.74, 6) is 0. The molecule has 0 aromatic carbocycles. The van der Waals surface area contributed by atoms with E-state index in [1.165, 1.54) is 4.90 Å². The molecule has 0 aliphatic carbocycles. The van der Waals surface area contributed by atoms with Crippen molar-refractivity contribution in [2.75, 3.05) is 20.1 Å². The molecule has 1 heterocycles. The third kappa shape index (κ3) is 2.76. The summed E-state index contributed by atoms with van der Waals surface area (Å²) in [5, 5.41) is 0. The van der Waals surface area contributed by atoms with Crippen LogP contribution in [0.1, 0.15) is 13.8 Å². The number of carbonyl (C=O) groups excluding carboxylic acids is 1. The maximum atomic E-state index is 10.6. The summed E-state index contributed by atoms with van der Waals surface area (Å²) in [7, 11) is 1.69. The number of hydrogen-bond donors (Lipinski definition) is 1. The minimum absolute atomic E-state index is 0.0949. The molecular formula is C7H16N2O2. The van der Waals surface area contributed by atoms with Crippen LogP contribution in [-0.2, 0) is 4.74 Å². The molecule has 1 aliphatic rings. The average molecular weight is 160 g/mol. The first kappa shape index (κ1) is 10.2. The molecule has 0 aromatic rings. The van der Waals surface area contributed by atoms with Crippen LogP contribution < -0.4 is 5.73 Å². The van der Waals surface area contributed by atoms with Crippen molar-refractivity contribution >= 4 is 6.09 Å². The van der Waals surface area contributed by atoms with Crippen LogP contribution in [0.4, 0.5) is 4.79 Å². The predicted molar refractivity (Wildman–Crippen MR) is 43.3 cm³/mol. The van der Waals surface area contributed by atoms with E-state index in [1.54, 1.807) is 7.05 Å². The Morgan fingerprint density at radius 1 is 1.73 bits per heavy atom. The Morgan fingerprint density at radius 2 is 2.27 bits per heavy atom. The molecule has 66 valence electrons. The lowest BCUT2D eigenvalue weighted by Crippen LogP contribution is -2.24. The smallest absolute Gasteiger partial charge is 0.410 e. The summed E-state index contributed by atoms with van der Waals surface area (Å²) < 4.78 is 4.78. The van der Waals surface area contributed by atoms with E-state index in [2.05, 4.69) is 0 Å². The van der Waals surface area contributed by atoms with Gasteiger partial charge in [0.15, 0.2) is 0 Å². The van der Waals surface area contributed by atoms with Crippen molar-refractivity contribution in [1.29, 1.82) is 0 Å². The Balaban J connectivity index is 0.000000461. The van der Waals surface area contributed by atoms with Crippen LogP contribution in [0.15, 0.2) is 0 Å². The number of nitrogens with zero attached hydrogens (tertiary/aromatic N) is 1. The third-order valence-corrected chi connectivity index (χ3v) is 1.32. The Kier molecular flexibility index (Phi) is 4.61. The molecule has 1 rings (SSSR count). The fourth-order valence-corrected chi connectivity index (χ4v) is 0.772. The number of likely N-dealkylation sites (N-methyl/N-ethyl adjacent to an activating group) is 1. The SMILES string of the molecule is CC.CN1CC(CN)OC1=O. The summed E-state index contributed by atoms with van der Waals surface area (Å²) in [5.41, 5.74) is 5.25. The highest BCUT2D eigenvalue weighted by molar-refractivity contribution is 5.69. The van der Waals surface area contributed by atoms with Crippen LogP contribution in [-0.4, -0.2) is 37.2 Å². The van der Waals surface area contributed by atoms with Crippen molar-refractivity contribution < 1.29 is 9.53 Å². The van der Waals surface area contributed by atoms with Crippen molar-refractivity contribution in [3.05, 3.63) is 0 Å². The summed E-state index contributed by atoms with van der Waals surface area (Å²) in [6.45, 7) is 5.03. The molecule has 0 bridgehead atoms. The van der Waals surface area contributed by atoms with Crippen LogP contribution in [0, 0.1) is 0 Å². The van der Waals surface area contributed by atoms with Crippen molar-refractivity contribution in [1.82, 2.24) is 4.90 Å². The molecule has 1 saturated heterocycles. The second kappa shape index (κ2) is 4.96. The fraction of sp³-hybridized carbons (Fsp3) is 0.857. The van der Waals surface area contributed by atoms with Crippen LogP contribution in [0.25, 0.3) is 0 Å². The number of carbonyl (C=O) groups is 1. The van der Waals surface area contributed by atoms with Gasteiger partial charge < -0.3 is 15.4 Å². The lowest BCUT2D eigenvalue weighted by molar-refractivity contribution is 0.137. The van der Waals surface area contributed by atoms with Gasteiger partial charge in [-0.3, -0.25) is 0 Å². The van der Waals surface area contributed by atoms with Crippen LogP contribution >= 0.6 is 0 Å². The number of nitrogens with two attached hydrogens (primary N) is 1. The van der Waals surface area contributed by atoms with Crippen LogP contribution in [0.2, 0.25) is 0 Å². The molecule has 1 unspecified atom stereocenters. The van der Waals surface area contributed by atoms with Crippen LogP contribution in [0.5, 0.6) is 0 Å². The zero-order valence-corrected chi connectivity index (χ0v) is 7.33. The number of cyclic esters (lactones) is 1. The van der Waals surface area contributed by atoms with E-state index in [-0.39, 0.29) is 12.2 Å². The van der Waals surface area contributed by atoms with E-state index in [4.69, 9.17) is 10.5 Å². The van der Waals surface area contributed by atoms with Crippen molar-refractivity contribution in [2.24, 2.45) is 5.73 Å². The lowest BCUT2D eigenvalue weighted by atomic mass is 10.4. The largest absolute Gasteiger partial charge is 0.443 e. The van der Waals surface area contributed by atoms with E-state index < -0.39 is 0 Å². The van der Waals surface area contributed by atoms with Gasteiger partial charge in [-0.15, -0.1) is 0 Å². The second-order valence-corrected chi connectivity index (χ2v) is 2.12. The first-order valence-corrected chi connectivity index (χ1v) is 3.86. The van der Waals surface area contributed by atoms with E-state index in [9.17, 15) is 4.79 Å². The standard InChI is InChI=1S/C5H10N2O2.C2H6/c1-7-3-4(2-6)9-5(7)8;1-2/h4H,2-3,6H2,1H3;1-2H3. The van der Waals surface area contributed by atoms with E-state index in [0.717, 1.165) is 0 Å². The number of rotatable bonds is 1. The van der Waals surface area contributed by atoms with Gasteiger partial charge in [-0.1, -0.05) is 13.8 Å². The molecule has 1 amide bonds.